The number of benzene rings is 2. The quantitative estimate of drug-likeness (QED) is 0.844. The van der Waals surface area contributed by atoms with Crippen molar-refractivity contribution in [1.82, 2.24) is 4.31 Å². The summed E-state index contributed by atoms with van der Waals surface area (Å²) in [7, 11) is -3.48. The maximum atomic E-state index is 13.0. The highest BCUT2D eigenvalue weighted by atomic mass is 35.5. The van der Waals surface area contributed by atoms with Crippen LogP contribution in [0.5, 0.6) is 0 Å². The van der Waals surface area contributed by atoms with Crippen LogP contribution in [0.3, 0.4) is 0 Å². The van der Waals surface area contributed by atoms with E-state index in [0.717, 1.165) is 24.0 Å². The zero-order valence-electron chi connectivity index (χ0n) is 12.4. The van der Waals surface area contributed by atoms with Gasteiger partial charge in [-0.3, -0.25) is 0 Å². The zero-order valence-corrected chi connectivity index (χ0v) is 13.9. The summed E-state index contributed by atoms with van der Waals surface area (Å²) in [5, 5.41) is 0.662. The van der Waals surface area contributed by atoms with E-state index in [1.165, 1.54) is 0 Å². The lowest BCUT2D eigenvalue weighted by Crippen LogP contribution is -2.31. The van der Waals surface area contributed by atoms with Crippen molar-refractivity contribution in [2.24, 2.45) is 0 Å². The summed E-state index contributed by atoms with van der Waals surface area (Å²) in [5.74, 6) is 0. The standard InChI is InChI=1S/C17H18ClNO2S/c1-13-5-2-3-7-17(13)22(20,21)19-12-4-6-16(19)14-8-10-15(18)11-9-14/h2-3,5,7-11,16H,4,6,12H2,1H3. The highest BCUT2D eigenvalue weighted by Crippen LogP contribution is 2.37. The average Bonchev–Trinajstić information content (AvgIpc) is 2.98. The van der Waals surface area contributed by atoms with Crippen molar-refractivity contribution in [1.29, 1.82) is 0 Å². The number of hydrogen-bond donors (Lipinski definition) is 0. The summed E-state index contributed by atoms with van der Waals surface area (Å²) < 4.78 is 27.6. The van der Waals surface area contributed by atoms with E-state index >= 15 is 0 Å². The zero-order chi connectivity index (χ0) is 15.7. The predicted octanol–water partition coefficient (Wildman–Crippen LogP) is 4.17. The predicted molar refractivity (Wildman–Crippen MR) is 88.5 cm³/mol. The first-order chi connectivity index (χ1) is 10.5. The molecule has 1 fully saturated rings. The molecule has 1 aliphatic rings. The first kappa shape index (κ1) is 15.5. The summed E-state index contributed by atoms with van der Waals surface area (Å²) in [6, 6.07) is 14.5. The second-order valence-electron chi connectivity index (χ2n) is 5.59. The Morgan fingerprint density at radius 1 is 1.09 bits per heavy atom. The highest BCUT2D eigenvalue weighted by Gasteiger charge is 2.36. The van der Waals surface area contributed by atoms with Gasteiger partial charge in [0.05, 0.1) is 10.9 Å². The third-order valence-corrected chi connectivity index (χ3v) is 6.46. The van der Waals surface area contributed by atoms with Crippen LogP contribution in [0.1, 0.15) is 30.0 Å². The topological polar surface area (TPSA) is 37.4 Å². The maximum absolute atomic E-state index is 13.0. The number of halogens is 1. The molecule has 22 heavy (non-hydrogen) atoms. The van der Waals surface area contributed by atoms with Crippen molar-refractivity contribution < 1.29 is 8.42 Å². The van der Waals surface area contributed by atoms with E-state index < -0.39 is 10.0 Å². The van der Waals surface area contributed by atoms with Crippen molar-refractivity contribution in [3.8, 4) is 0 Å². The lowest BCUT2D eigenvalue weighted by molar-refractivity contribution is 0.396. The van der Waals surface area contributed by atoms with Gasteiger partial charge in [-0.15, -0.1) is 0 Å². The molecular formula is C17H18ClNO2S. The normalized spacial score (nSPS) is 19.5. The van der Waals surface area contributed by atoms with Crippen LogP contribution in [-0.2, 0) is 10.0 Å². The van der Waals surface area contributed by atoms with Crippen LogP contribution in [-0.4, -0.2) is 19.3 Å². The van der Waals surface area contributed by atoms with Gasteiger partial charge < -0.3 is 0 Å². The minimum atomic E-state index is -3.48. The number of hydrogen-bond acceptors (Lipinski definition) is 2. The smallest absolute Gasteiger partial charge is 0.207 e. The second kappa shape index (κ2) is 6.03. The summed E-state index contributed by atoms with van der Waals surface area (Å²) in [4.78, 5) is 0.399. The molecule has 1 saturated heterocycles. The molecule has 0 radical (unpaired) electrons. The van der Waals surface area contributed by atoms with E-state index in [1.54, 1.807) is 16.4 Å². The van der Waals surface area contributed by atoms with Crippen LogP contribution in [0, 0.1) is 6.92 Å². The first-order valence-electron chi connectivity index (χ1n) is 7.33. The molecular weight excluding hydrogens is 318 g/mol. The molecule has 0 spiro atoms. The Hall–Kier alpha value is -1.36. The van der Waals surface area contributed by atoms with Gasteiger partial charge in [0.1, 0.15) is 0 Å². The molecule has 3 nitrogen and oxygen atoms in total. The highest BCUT2D eigenvalue weighted by molar-refractivity contribution is 7.89. The molecule has 0 saturated carbocycles. The minimum absolute atomic E-state index is 0.109. The SMILES string of the molecule is Cc1ccccc1S(=O)(=O)N1CCCC1c1ccc(Cl)cc1. The van der Waals surface area contributed by atoms with Gasteiger partial charge in [0.25, 0.3) is 0 Å². The van der Waals surface area contributed by atoms with Crippen LogP contribution in [0.2, 0.25) is 5.02 Å². The number of nitrogens with zero attached hydrogens (tertiary/aromatic N) is 1. The summed E-state index contributed by atoms with van der Waals surface area (Å²) in [5.41, 5.74) is 1.78. The van der Waals surface area contributed by atoms with E-state index in [0.29, 0.717) is 16.5 Å². The number of aryl methyl sites for hydroxylation is 1. The van der Waals surface area contributed by atoms with Crippen molar-refractivity contribution in [2.45, 2.75) is 30.7 Å². The fraction of sp³-hybridized carbons (Fsp3) is 0.294. The van der Waals surface area contributed by atoms with Gasteiger partial charge in [-0.25, -0.2) is 8.42 Å². The van der Waals surface area contributed by atoms with Crippen molar-refractivity contribution >= 4 is 21.6 Å². The van der Waals surface area contributed by atoms with E-state index in [2.05, 4.69) is 0 Å². The molecule has 3 rings (SSSR count). The van der Waals surface area contributed by atoms with E-state index in [9.17, 15) is 8.42 Å². The molecule has 0 aromatic heterocycles. The van der Waals surface area contributed by atoms with Crippen molar-refractivity contribution in [2.75, 3.05) is 6.54 Å². The Morgan fingerprint density at radius 2 is 1.77 bits per heavy atom. The third-order valence-electron chi connectivity index (χ3n) is 4.14. The molecule has 5 heteroatoms. The lowest BCUT2D eigenvalue weighted by atomic mass is 10.1. The summed E-state index contributed by atoms with van der Waals surface area (Å²) >= 11 is 5.93. The van der Waals surface area contributed by atoms with Gasteiger partial charge in [0, 0.05) is 11.6 Å². The third kappa shape index (κ3) is 2.78. The molecule has 1 atom stereocenters. The second-order valence-corrected chi connectivity index (χ2v) is 7.89. The first-order valence-corrected chi connectivity index (χ1v) is 9.15. The fourth-order valence-electron chi connectivity index (χ4n) is 3.02. The molecule has 0 amide bonds. The number of sulfonamides is 1. The maximum Gasteiger partial charge on any atom is 0.243 e. The Labute approximate surface area is 136 Å². The lowest BCUT2D eigenvalue weighted by Gasteiger charge is -2.25. The molecule has 1 heterocycles. The molecule has 116 valence electrons. The average molecular weight is 336 g/mol. The monoisotopic (exact) mass is 335 g/mol. The van der Waals surface area contributed by atoms with E-state index in [1.807, 2.05) is 43.3 Å². The van der Waals surface area contributed by atoms with Gasteiger partial charge >= 0.3 is 0 Å². The Bertz CT molecular complexity index is 772. The van der Waals surface area contributed by atoms with E-state index in [4.69, 9.17) is 11.6 Å². The molecule has 2 aromatic rings. The molecule has 0 N–H and O–H groups in total. The number of rotatable bonds is 3. The molecule has 1 aliphatic heterocycles. The largest absolute Gasteiger partial charge is 0.243 e. The summed E-state index contributed by atoms with van der Waals surface area (Å²) in [6.07, 6.45) is 1.71. The minimum Gasteiger partial charge on any atom is -0.207 e. The van der Waals surface area contributed by atoms with Gasteiger partial charge in [0.15, 0.2) is 0 Å². The van der Waals surface area contributed by atoms with Gasteiger partial charge in [-0.2, -0.15) is 4.31 Å². The molecule has 0 bridgehead atoms. The van der Waals surface area contributed by atoms with Gasteiger partial charge in [0.2, 0.25) is 10.0 Å². The molecule has 0 aliphatic carbocycles. The Balaban J connectivity index is 1.99. The molecule has 1 unspecified atom stereocenters. The van der Waals surface area contributed by atoms with Crippen molar-refractivity contribution in [3.63, 3.8) is 0 Å². The molecule has 2 aromatic carbocycles. The van der Waals surface area contributed by atoms with E-state index in [-0.39, 0.29) is 6.04 Å². The van der Waals surface area contributed by atoms with Gasteiger partial charge in [-0.1, -0.05) is 41.9 Å². The van der Waals surface area contributed by atoms with Crippen LogP contribution >= 0.6 is 11.6 Å². The van der Waals surface area contributed by atoms with Crippen molar-refractivity contribution in [3.05, 3.63) is 64.7 Å². The van der Waals surface area contributed by atoms with Crippen LogP contribution in [0.15, 0.2) is 53.4 Å². The van der Waals surface area contributed by atoms with Crippen LogP contribution < -0.4 is 0 Å². The fourth-order valence-corrected chi connectivity index (χ4v) is 5.05. The summed E-state index contributed by atoms with van der Waals surface area (Å²) in [6.45, 7) is 2.39. The van der Waals surface area contributed by atoms with Gasteiger partial charge in [-0.05, 0) is 49.1 Å². The van der Waals surface area contributed by atoms with Crippen LogP contribution in [0.4, 0.5) is 0 Å². The Morgan fingerprint density at radius 3 is 2.45 bits per heavy atom. The van der Waals surface area contributed by atoms with Crippen LogP contribution in [0.25, 0.3) is 0 Å². The Kier molecular flexibility index (Phi) is 4.26.